The maximum absolute atomic E-state index is 11.2. The molecule has 2 unspecified atom stereocenters. The van der Waals surface area contributed by atoms with Crippen molar-refractivity contribution in [3.63, 3.8) is 0 Å². The molecular weight excluding hydrogens is 216 g/mol. The monoisotopic (exact) mass is 232 g/mol. The highest BCUT2D eigenvalue weighted by molar-refractivity contribution is 5.86. The lowest BCUT2D eigenvalue weighted by atomic mass is 10.2. The zero-order valence-corrected chi connectivity index (χ0v) is 9.19. The maximum Gasteiger partial charge on any atom is 0.326 e. The summed E-state index contributed by atoms with van der Waals surface area (Å²) >= 11 is 0. The van der Waals surface area contributed by atoms with Crippen LogP contribution in [-0.4, -0.2) is 40.3 Å². The van der Waals surface area contributed by atoms with Gasteiger partial charge in [0.05, 0.1) is 6.42 Å². The number of carboxylic acids is 2. The Morgan fingerprint density at radius 3 is 2.12 bits per heavy atom. The second kappa shape index (κ2) is 6.65. The number of urea groups is 1. The Bertz CT molecular complexity index is 279. The van der Waals surface area contributed by atoms with Crippen molar-refractivity contribution in [2.45, 2.75) is 38.8 Å². The van der Waals surface area contributed by atoms with Gasteiger partial charge in [-0.1, -0.05) is 6.92 Å². The Morgan fingerprint density at radius 1 is 1.19 bits per heavy atom. The normalized spacial score (nSPS) is 13.6. The van der Waals surface area contributed by atoms with E-state index in [1.165, 1.54) is 0 Å². The van der Waals surface area contributed by atoms with E-state index < -0.39 is 30.4 Å². The predicted molar refractivity (Wildman–Crippen MR) is 55.1 cm³/mol. The molecule has 0 saturated heterocycles. The van der Waals surface area contributed by atoms with Crippen molar-refractivity contribution < 1.29 is 24.6 Å². The SMILES string of the molecule is CCC(C)NC(=O)NC(CC(=O)O)C(=O)O. The third kappa shape index (κ3) is 5.84. The van der Waals surface area contributed by atoms with E-state index in [9.17, 15) is 14.4 Å². The first-order valence-electron chi connectivity index (χ1n) is 4.88. The van der Waals surface area contributed by atoms with Gasteiger partial charge in [0.2, 0.25) is 0 Å². The third-order valence-corrected chi connectivity index (χ3v) is 1.97. The van der Waals surface area contributed by atoms with Gasteiger partial charge in [-0.15, -0.1) is 0 Å². The molecule has 0 spiro atoms. The van der Waals surface area contributed by atoms with Gasteiger partial charge in [-0.25, -0.2) is 9.59 Å². The molecule has 0 heterocycles. The first-order valence-corrected chi connectivity index (χ1v) is 4.88. The molecule has 0 aromatic heterocycles. The molecule has 0 aliphatic rings. The summed E-state index contributed by atoms with van der Waals surface area (Å²) < 4.78 is 0. The lowest BCUT2D eigenvalue weighted by molar-refractivity contribution is -0.145. The number of hydrogen-bond acceptors (Lipinski definition) is 3. The largest absolute Gasteiger partial charge is 0.481 e. The molecule has 0 radical (unpaired) electrons. The number of nitrogens with one attached hydrogen (secondary N) is 2. The van der Waals surface area contributed by atoms with Crippen LogP contribution < -0.4 is 10.6 Å². The first-order chi connectivity index (χ1) is 7.36. The smallest absolute Gasteiger partial charge is 0.326 e. The lowest BCUT2D eigenvalue weighted by Crippen LogP contribution is -2.49. The molecule has 92 valence electrons. The van der Waals surface area contributed by atoms with Crippen molar-refractivity contribution in [3.05, 3.63) is 0 Å². The van der Waals surface area contributed by atoms with Gasteiger partial charge in [-0.05, 0) is 13.3 Å². The Kier molecular flexibility index (Phi) is 5.91. The number of carbonyl (C=O) groups is 3. The highest BCUT2D eigenvalue weighted by atomic mass is 16.4. The van der Waals surface area contributed by atoms with Gasteiger partial charge in [0.25, 0.3) is 0 Å². The number of aliphatic carboxylic acids is 2. The van der Waals surface area contributed by atoms with E-state index >= 15 is 0 Å². The summed E-state index contributed by atoms with van der Waals surface area (Å²) in [6.07, 6.45) is 0.0490. The highest BCUT2D eigenvalue weighted by Gasteiger charge is 2.23. The van der Waals surface area contributed by atoms with Crippen LogP contribution >= 0.6 is 0 Å². The predicted octanol–water partition coefficient (Wildman–Crippen LogP) is 0.0120. The Morgan fingerprint density at radius 2 is 1.75 bits per heavy atom. The Hall–Kier alpha value is -1.79. The molecule has 4 N–H and O–H groups in total. The molecule has 0 fully saturated rings. The van der Waals surface area contributed by atoms with Crippen molar-refractivity contribution in [2.75, 3.05) is 0 Å². The number of carbonyl (C=O) groups excluding carboxylic acids is 1. The molecule has 0 saturated carbocycles. The summed E-state index contributed by atoms with van der Waals surface area (Å²) in [4.78, 5) is 32.2. The molecule has 0 aliphatic heterocycles. The molecule has 0 bridgehead atoms. The number of hydrogen-bond donors (Lipinski definition) is 4. The topological polar surface area (TPSA) is 116 Å². The fourth-order valence-electron chi connectivity index (χ4n) is 0.900. The Labute approximate surface area is 92.8 Å². The summed E-state index contributed by atoms with van der Waals surface area (Å²) in [5.74, 6) is -2.65. The van der Waals surface area contributed by atoms with Crippen LogP contribution in [0.5, 0.6) is 0 Å². The molecule has 7 heteroatoms. The van der Waals surface area contributed by atoms with Crippen molar-refractivity contribution in [1.29, 1.82) is 0 Å². The summed E-state index contributed by atoms with van der Waals surface area (Å²) in [6.45, 7) is 3.61. The molecule has 16 heavy (non-hydrogen) atoms. The van der Waals surface area contributed by atoms with E-state index in [4.69, 9.17) is 10.2 Å². The first kappa shape index (κ1) is 14.2. The minimum atomic E-state index is -1.42. The standard InChI is InChI=1S/C9H16N2O5/c1-3-5(2)10-9(16)11-6(8(14)15)4-7(12)13/h5-6H,3-4H2,1-2H3,(H,12,13)(H,14,15)(H2,10,11,16). The number of amides is 2. The van der Waals surface area contributed by atoms with Crippen LogP contribution in [0.4, 0.5) is 4.79 Å². The second-order valence-corrected chi connectivity index (χ2v) is 3.42. The fraction of sp³-hybridized carbons (Fsp3) is 0.667. The number of rotatable bonds is 6. The highest BCUT2D eigenvalue weighted by Crippen LogP contribution is 1.94. The van der Waals surface area contributed by atoms with Crippen LogP contribution in [0.1, 0.15) is 26.7 Å². The number of carboxylic acid groups (broad SMARTS) is 2. The minimum Gasteiger partial charge on any atom is -0.481 e. The van der Waals surface area contributed by atoms with E-state index in [-0.39, 0.29) is 6.04 Å². The lowest BCUT2D eigenvalue weighted by Gasteiger charge is -2.16. The second-order valence-electron chi connectivity index (χ2n) is 3.42. The van der Waals surface area contributed by atoms with Gasteiger partial charge in [-0.2, -0.15) is 0 Å². The maximum atomic E-state index is 11.2. The van der Waals surface area contributed by atoms with Gasteiger partial charge >= 0.3 is 18.0 Å². The van der Waals surface area contributed by atoms with Crippen molar-refractivity contribution in [2.24, 2.45) is 0 Å². The summed E-state index contributed by atoms with van der Waals surface area (Å²) in [5.41, 5.74) is 0. The molecule has 0 aromatic rings. The minimum absolute atomic E-state index is 0.0979. The van der Waals surface area contributed by atoms with Crippen molar-refractivity contribution in [1.82, 2.24) is 10.6 Å². The van der Waals surface area contributed by atoms with E-state index in [1.807, 2.05) is 6.92 Å². The molecule has 2 amide bonds. The molecule has 7 nitrogen and oxygen atoms in total. The zero-order valence-electron chi connectivity index (χ0n) is 9.19. The van der Waals surface area contributed by atoms with E-state index in [0.29, 0.717) is 6.42 Å². The summed E-state index contributed by atoms with van der Waals surface area (Å²) in [6, 6.07) is -2.19. The van der Waals surface area contributed by atoms with E-state index in [0.717, 1.165) is 0 Å². The van der Waals surface area contributed by atoms with Crippen LogP contribution in [0.25, 0.3) is 0 Å². The quantitative estimate of drug-likeness (QED) is 0.515. The molecular formula is C9H16N2O5. The molecule has 2 atom stereocenters. The van der Waals surface area contributed by atoms with Gasteiger partial charge in [0.15, 0.2) is 0 Å². The average Bonchev–Trinajstić information content (AvgIpc) is 2.15. The molecule has 0 rings (SSSR count). The van der Waals surface area contributed by atoms with Crippen molar-refractivity contribution >= 4 is 18.0 Å². The Balaban J connectivity index is 4.24. The van der Waals surface area contributed by atoms with Gasteiger partial charge < -0.3 is 20.8 Å². The van der Waals surface area contributed by atoms with Gasteiger partial charge in [0, 0.05) is 6.04 Å². The summed E-state index contributed by atoms with van der Waals surface area (Å²) in [7, 11) is 0. The van der Waals surface area contributed by atoms with Crippen LogP contribution in [0.2, 0.25) is 0 Å². The van der Waals surface area contributed by atoms with Gasteiger partial charge in [-0.3, -0.25) is 4.79 Å². The van der Waals surface area contributed by atoms with Crippen molar-refractivity contribution in [3.8, 4) is 0 Å². The molecule has 0 aromatic carbocycles. The average molecular weight is 232 g/mol. The third-order valence-electron chi connectivity index (χ3n) is 1.97. The van der Waals surface area contributed by atoms with Crippen LogP contribution in [0, 0.1) is 0 Å². The fourth-order valence-corrected chi connectivity index (χ4v) is 0.900. The van der Waals surface area contributed by atoms with E-state index in [1.54, 1.807) is 6.92 Å². The summed E-state index contributed by atoms with van der Waals surface area (Å²) in [5, 5.41) is 21.7. The van der Waals surface area contributed by atoms with Gasteiger partial charge in [0.1, 0.15) is 6.04 Å². The van der Waals surface area contributed by atoms with Crippen LogP contribution in [0.3, 0.4) is 0 Å². The van der Waals surface area contributed by atoms with Crippen LogP contribution in [0.15, 0.2) is 0 Å². The van der Waals surface area contributed by atoms with E-state index in [2.05, 4.69) is 10.6 Å². The zero-order chi connectivity index (χ0) is 12.7. The van der Waals surface area contributed by atoms with Crippen LogP contribution in [-0.2, 0) is 9.59 Å². The molecule has 0 aliphatic carbocycles.